The fraction of sp³-hybridized carbons (Fsp3) is 0.579. The van der Waals surface area contributed by atoms with Crippen molar-refractivity contribution in [3.63, 3.8) is 0 Å². The predicted molar refractivity (Wildman–Crippen MR) is 91.1 cm³/mol. The van der Waals surface area contributed by atoms with E-state index in [1.807, 2.05) is 36.1 Å². The van der Waals surface area contributed by atoms with Crippen molar-refractivity contribution >= 4 is 17.5 Å². The van der Waals surface area contributed by atoms with E-state index < -0.39 is 0 Å². The highest BCUT2D eigenvalue weighted by atomic mass is 16.2. The molecule has 4 heteroatoms. The third-order valence-electron chi connectivity index (χ3n) is 5.37. The monoisotopic (exact) mass is 314 g/mol. The molecule has 1 aromatic rings. The number of aryl methyl sites for hydroxylation is 1. The number of hydrogen-bond acceptors (Lipinski definition) is 2. The molecule has 0 radical (unpaired) electrons. The maximum Gasteiger partial charge on any atom is 0.233 e. The van der Waals surface area contributed by atoms with Crippen LogP contribution in [-0.2, 0) is 9.59 Å². The van der Waals surface area contributed by atoms with E-state index in [1.165, 1.54) is 25.7 Å². The molecule has 1 saturated heterocycles. The minimum atomic E-state index is -0.213. The molecule has 1 saturated carbocycles. The van der Waals surface area contributed by atoms with Gasteiger partial charge in [0.2, 0.25) is 11.8 Å². The Bertz CT molecular complexity index is 584. The Balaban J connectivity index is 1.52. The number of piperidine rings is 1. The Morgan fingerprint density at radius 3 is 2.65 bits per heavy atom. The molecule has 1 heterocycles. The standard InChI is InChI=1S/C19H26N2O2/c1-14-6-2-5-9-17(14)20-18(22)12-19(23)21-11-10-15-7-3-4-8-16(15)13-21/h2,5-6,9,15-16H,3-4,7-8,10-13H2,1H3,(H,20,22)/t15-,16+/m0/s1. The molecule has 0 unspecified atom stereocenters. The lowest BCUT2D eigenvalue weighted by Gasteiger charge is -2.41. The van der Waals surface area contributed by atoms with Crippen molar-refractivity contribution < 1.29 is 9.59 Å². The number of nitrogens with one attached hydrogen (secondary N) is 1. The second-order valence-electron chi connectivity index (χ2n) is 6.97. The van der Waals surface area contributed by atoms with Crippen molar-refractivity contribution in [3.05, 3.63) is 29.8 Å². The van der Waals surface area contributed by atoms with Gasteiger partial charge in [-0.05, 0) is 43.2 Å². The molecule has 124 valence electrons. The first-order chi connectivity index (χ1) is 11.1. The van der Waals surface area contributed by atoms with Crippen LogP contribution < -0.4 is 5.32 Å². The SMILES string of the molecule is Cc1ccccc1NC(=O)CC(=O)N1CC[C@@H]2CCCC[C@@H]2C1. The fourth-order valence-corrected chi connectivity index (χ4v) is 3.98. The van der Waals surface area contributed by atoms with Gasteiger partial charge in [-0.1, -0.05) is 37.5 Å². The summed E-state index contributed by atoms with van der Waals surface area (Å²) in [6, 6.07) is 7.64. The van der Waals surface area contributed by atoms with Crippen LogP contribution >= 0.6 is 0 Å². The van der Waals surface area contributed by atoms with Gasteiger partial charge in [0, 0.05) is 18.8 Å². The zero-order valence-electron chi connectivity index (χ0n) is 13.9. The van der Waals surface area contributed by atoms with Crippen molar-refractivity contribution in [3.8, 4) is 0 Å². The first-order valence-corrected chi connectivity index (χ1v) is 8.77. The van der Waals surface area contributed by atoms with Crippen LogP contribution in [0.15, 0.2) is 24.3 Å². The van der Waals surface area contributed by atoms with Crippen LogP contribution in [0.2, 0.25) is 0 Å². The lowest BCUT2D eigenvalue weighted by Crippen LogP contribution is -2.45. The highest BCUT2D eigenvalue weighted by molar-refractivity contribution is 6.03. The molecule has 1 aliphatic heterocycles. The van der Waals surface area contributed by atoms with Gasteiger partial charge in [0.1, 0.15) is 6.42 Å². The van der Waals surface area contributed by atoms with Gasteiger partial charge in [-0.2, -0.15) is 0 Å². The fourth-order valence-electron chi connectivity index (χ4n) is 3.98. The van der Waals surface area contributed by atoms with Crippen molar-refractivity contribution in [1.29, 1.82) is 0 Å². The van der Waals surface area contributed by atoms with Gasteiger partial charge in [0.05, 0.1) is 0 Å². The molecule has 1 aromatic carbocycles. The number of rotatable bonds is 3. The Labute approximate surface area is 138 Å². The molecular formula is C19H26N2O2. The number of fused-ring (bicyclic) bond motifs is 1. The summed E-state index contributed by atoms with van der Waals surface area (Å²) in [5.41, 5.74) is 1.80. The molecule has 2 aliphatic rings. The van der Waals surface area contributed by atoms with Crippen LogP contribution in [0.3, 0.4) is 0 Å². The zero-order chi connectivity index (χ0) is 16.2. The van der Waals surface area contributed by atoms with E-state index in [0.29, 0.717) is 5.92 Å². The molecule has 1 aliphatic carbocycles. The second kappa shape index (κ2) is 7.16. The van der Waals surface area contributed by atoms with Crippen molar-refractivity contribution in [1.82, 2.24) is 4.90 Å². The molecule has 0 spiro atoms. The summed E-state index contributed by atoms with van der Waals surface area (Å²) >= 11 is 0. The third-order valence-corrected chi connectivity index (χ3v) is 5.37. The van der Waals surface area contributed by atoms with E-state index in [1.54, 1.807) is 0 Å². The number of benzene rings is 1. The Morgan fingerprint density at radius 1 is 1.13 bits per heavy atom. The maximum atomic E-state index is 12.4. The topological polar surface area (TPSA) is 49.4 Å². The summed E-state index contributed by atoms with van der Waals surface area (Å²) < 4.78 is 0. The Hall–Kier alpha value is -1.84. The normalized spacial score (nSPS) is 24.0. The van der Waals surface area contributed by atoms with Crippen molar-refractivity contribution in [2.45, 2.75) is 45.4 Å². The van der Waals surface area contributed by atoms with E-state index in [0.717, 1.165) is 36.7 Å². The van der Waals surface area contributed by atoms with Gasteiger partial charge >= 0.3 is 0 Å². The van der Waals surface area contributed by atoms with Gasteiger partial charge in [-0.15, -0.1) is 0 Å². The van der Waals surface area contributed by atoms with Gasteiger partial charge < -0.3 is 10.2 Å². The van der Waals surface area contributed by atoms with E-state index in [4.69, 9.17) is 0 Å². The lowest BCUT2D eigenvalue weighted by atomic mass is 9.75. The van der Waals surface area contributed by atoms with Gasteiger partial charge in [-0.3, -0.25) is 9.59 Å². The van der Waals surface area contributed by atoms with Gasteiger partial charge in [-0.25, -0.2) is 0 Å². The van der Waals surface area contributed by atoms with Crippen LogP contribution in [0.25, 0.3) is 0 Å². The molecule has 0 bridgehead atoms. The lowest BCUT2D eigenvalue weighted by molar-refractivity contribution is -0.137. The van der Waals surface area contributed by atoms with Crippen molar-refractivity contribution in [2.75, 3.05) is 18.4 Å². The number of hydrogen-bond donors (Lipinski definition) is 1. The number of carbonyl (C=O) groups is 2. The summed E-state index contributed by atoms with van der Waals surface area (Å²) in [6.07, 6.45) is 6.25. The number of likely N-dealkylation sites (tertiary alicyclic amines) is 1. The van der Waals surface area contributed by atoms with E-state index in [2.05, 4.69) is 5.32 Å². The molecule has 2 amide bonds. The van der Waals surface area contributed by atoms with E-state index >= 15 is 0 Å². The van der Waals surface area contributed by atoms with Crippen LogP contribution in [0, 0.1) is 18.8 Å². The van der Waals surface area contributed by atoms with Crippen LogP contribution in [0.4, 0.5) is 5.69 Å². The summed E-state index contributed by atoms with van der Waals surface area (Å²) in [4.78, 5) is 26.5. The summed E-state index contributed by atoms with van der Waals surface area (Å²) in [6.45, 7) is 3.62. The minimum absolute atomic E-state index is 0.0277. The average Bonchev–Trinajstić information content (AvgIpc) is 2.56. The Morgan fingerprint density at radius 2 is 1.87 bits per heavy atom. The quantitative estimate of drug-likeness (QED) is 0.870. The Kier molecular flexibility index (Phi) is 4.99. The van der Waals surface area contributed by atoms with Gasteiger partial charge in [0.15, 0.2) is 0 Å². The van der Waals surface area contributed by atoms with E-state index in [-0.39, 0.29) is 18.2 Å². The highest BCUT2D eigenvalue weighted by Gasteiger charge is 2.33. The summed E-state index contributed by atoms with van der Waals surface area (Å²) in [5, 5.41) is 2.85. The second-order valence-corrected chi connectivity index (χ2v) is 6.97. The van der Waals surface area contributed by atoms with E-state index in [9.17, 15) is 9.59 Å². The maximum absolute atomic E-state index is 12.4. The zero-order valence-corrected chi connectivity index (χ0v) is 13.9. The molecular weight excluding hydrogens is 288 g/mol. The minimum Gasteiger partial charge on any atom is -0.342 e. The number of para-hydroxylation sites is 1. The molecule has 3 rings (SSSR count). The molecule has 23 heavy (non-hydrogen) atoms. The average molecular weight is 314 g/mol. The van der Waals surface area contributed by atoms with Gasteiger partial charge in [0.25, 0.3) is 0 Å². The smallest absolute Gasteiger partial charge is 0.233 e. The molecule has 2 atom stereocenters. The summed E-state index contributed by atoms with van der Waals surface area (Å²) in [7, 11) is 0. The first kappa shape index (κ1) is 16.0. The molecule has 0 aromatic heterocycles. The third kappa shape index (κ3) is 3.92. The van der Waals surface area contributed by atoms with Crippen LogP contribution in [0.1, 0.15) is 44.1 Å². The molecule has 1 N–H and O–H groups in total. The summed E-state index contributed by atoms with van der Waals surface area (Å²) in [5.74, 6) is 1.21. The molecule has 2 fully saturated rings. The first-order valence-electron chi connectivity index (χ1n) is 8.77. The molecule has 4 nitrogen and oxygen atoms in total. The van der Waals surface area contributed by atoms with Crippen LogP contribution in [0.5, 0.6) is 0 Å². The predicted octanol–water partition coefficient (Wildman–Crippen LogP) is 3.36. The highest BCUT2D eigenvalue weighted by Crippen LogP contribution is 2.36. The number of carbonyl (C=O) groups excluding carboxylic acids is 2. The number of nitrogens with zero attached hydrogens (tertiary/aromatic N) is 1. The largest absolute Gasteiger partial charge is 0.342 e. The number of anilines is 1. The van der Waals surface area contributed by atoms with Crippen molar-refractivity contribution in [2.24, 2.45) is 11.8 Å². The van der Waals surface area contributed by atoms with Crippen LogP contribution in [-0.4, -0.2) is 29.8 Å². The number of amides is 2.